The molecule has 0 aliphatic carbocycles. The Balaban J connectivity index is 1.15. The molecule has 0 saturated carbocycles. The van der Waals surface area contributed by atoms with E-state index < -0.39 is 5.97 Å². The lowest BCUT2D eigenvalue weighted by molar-refractivity contribution is 0.0696. The number of amides is 2. The van der Waals surface area contributed by atoms with Crippen LogP contribution in [-0.4, -0.2) is 49.3 Å². The summed E-state index contributed by atoms with van der Waals surface area (Å²) in [7, 11) is 0. The van der Waals surface area contributed by atoms with Crippen LogP contribution in [0.25, 0.3) is 22.3 Å². The zero-order chi connectivity index (χ0) is 48.7. The summed E-state index contributed by atoms with van der Waals surface area (Å²) in [5.74, 6) is -1.47. The van der Waals surface area contributed by atoms with Gasteiger partial charge in [0.1, 0.15) is 0 Å². The van der Waals surface area contributed by atoms with Crippen LogP contribution in [0.15, 0.2) is 127 Å². The number of ether oxygens (including phenoxy) is 2. The number of carboxylic acid groups (broad SMARTS) is 1. The average Bonchev–Trinajstić information content (AvgIpc) is 3.38. The predicted molar refractivity (Wildman–Crippen MR) is 283 cm³/mol. The Morgan fingerprint density at radius 2 is 0.739 bits per heavy atom. The van der Waals surface area contributed by atoms with Crippen LogP contribution in [0.2, 0.25) is 0 Å². The first kappa shape index (κ1) is 54.4. The summed E-state index contributed by atoms with van der Waals surface area (Å²) in [6.07, 6.45) is 25.3. The largest absolute Gasteiger partial charge is 0.478 e. The molecule has 8 heteroatoms. The third kappa shape index (κ3) is 20.1. The molecule has 2 atom stereocenters. The lowest BCUT2D eigenvalue weighted by Gasteiger charge is -2.20. The van der Waals surface area contributed by atoms with E-state index in [1.807, 2.05) is 91.0 Å². The second-order valence-corrected chi connectivity index (χ2v) is 18.6. The number of hydrogen-bond acceptors (Lipinski definition) is 5. The van der Waals surface area contributed by atoms with Gasteiger partial charge in [-0.25, -0.2) is 4.79 Å². The van der Waals surface area contributed by atoms with Gasteiger partial charge in [-0.15, -0.1) is 0 Å². The van der Waals surface area contributed by atoms with Crippen LogP contribution in [0.1, 0.15) is 197 Å². The van der Waals surface area contributed by atoms with E-state index in [2.05, 4.69) is 24.5 Å². The first-order valence-corrected chi connectivity index (χ1v) is 26.3. The van der Waals surface area contributed by atoms with E-state index in [1.165, 1.54) is 103 Å². The van der Waals surface area contributed by atoms with Gasteiger partial charge >= 0.3 is 5.97 Å². The van der Waals surface area contributed by atoms with Crippen molar-refractivity contribution >= 4 is 17.8 Å². The molecule has 8 nitrogen and oxygen atoms in total. The highest BCUT2D eigenvalue weighted by Crippen LogP contribution is 2.30. The zero-order valence-electron chi connectivity index (χ0n) is 41.7. The molecular formula is C61H80N2O6. The summed E-state index contributed by atoms with van der Waals surface area (Å²) >= 11 is 0. The number of unbranched alkanes of at least 4 members (excludes halogenated alkanes) is 18. The van der Waals surface area contributed by atoms with Crippen molar-refractivity contribution in [3.8, 4) is 22.3 Å². The molecule has 69 heavy (non-hydrogen) atoms. The molecule has 2 unspecified atom stereocenters. The Labute approximate surface area is 414 Å². The highest BCUT2D eigenvalue weighted by atomic mass is 16.5. The molecule has 0 heterocycles. The van der Waals surface area contributed by atoms with E-state index in [-0.39, 0.29) is 29.5 Å². The van der Waals surface area contributed by atoms with Crippen molar-refractivity contribution in [3.05, 3.63) is 155 Å². The van der Waals surface area contributed by atoms with Gasteiger partial charge in [0.05, 0.1) is 30.9 Å². The Morgan fingerprint density at radius 1 is 0.406 bits per heavy atom. The molecule has 5 aromatic rings. The number of rotatable bonds is 35. The topological polar surface area (TPSA) is 114 Å². The normalized spacial score (nSPS) is 12.1. The fourth-order valence-corrected chi connectivity index (χ4v) is 8.79. The molecule has 0 radical (unpaired) electrons. The monoisotopic (exact) mass is 937 g/mol. The van der Waals surface area contributed by atoms with Gasteiger partial charge in [-0.2, -0.15) is 0 Å². The Morgan fingerprint density at radius 3 is 1.07 bits per heavy atom. The van der Waals surface area contributed by atoms with Gasteiger partial charge in [0.2, 0.25) is 0 Å². The van der Waals surface area contributed by atoms with Gasteiger partial charge in [-0.05, 0) is 88.7 Å². The van der Waals surface area contributed by atoms with Crippen molar-refractivity contribution < 1.29 is 29.0 Å². The summed E-state index contributed by atoms with van der Waals surface area (Å²) in [6, 6.07) is 38.9. The predicted octanol–water partition coefficient (Wildman–Crippen LogP) is 15.5. The van der Waals surface area contributed by atoms with Gasteiger partial charge in [-0.1, -0.05) is 214 Å². The van der Waals surface area contributed by atoms with E-state index in [9.17, 15) is 19.5 Å². The standard InChI is InChI=1S/C61H80N2O6/c1-3-5-7-9-11-13-15-17-19-27-41-68-46-57(50-29-23-21-24-30-50)62-59(64)52-37-33-48(34-38-52)54-43-55(45-56(44-54)61(66)67)49-35-39-53(40-36-49)60(65)63-58(51-31-25-22-26-32-51)47-69-42-28-20-18-16-14-12-10-8-6-4-2/h21-26,29-40,43-45,57-58H,3-20,27-28,41-42,46-47H2,1-2H3,(H,62,64)(H,63,65)(H,66,67). The molecule has 0 aliphatic rings. The number of carbonyl (C=O) groups is 3. The van der Waals surface area contributed by atoms with Crippen LogP contribution < -0.4 is 10.6 Å². The second-order valence-electron chi connectivity index (χ2n) is 18.6. The molecule has 0 bridgehead atoms. The van der Waals surface area contributed by atoms with E-state index in [1.54, 1.807) is 36.4 Å². The number of carboxylic acids is 1. The molecule has 5 rings (SSSR count). The van der Waals surface area contributed by atoms with Crippen LogP contribution in [-0.2, 0) is 9.47 Å². The zero-order valence-corrected chi connectivity index (χ0v) is 41.7. The highest BCUT2D eigenvalue weighted by molar-refractivity contribution is 5.97. The maximum atomic E-state index is 13.6. The number of benzene rings is 5. The third-order valence-corrected chi connectivity index (χ3v) is 13.0. The molecule has 370 valence electrons. The molecule has 0 spiro atoms. The highest BCUT2D eigenvalue weighted by Gasteiger charge is 2.19. The minimum atomic E-state index is -1.05. The van der Waals surface area contributed by atoms with Crippen molar-refractivity contribution in [2.75, 3.05) is 26.4 Å². The lowest BCUT2D eigenvalue weighted by Crippen LogP contribution is -2.31. The van der Waals surface area contributed by atoms with Crippen molar-refractivity contribution in [3.63, 3.8) is 0 Å². The van der Waals surface area contributed by atoms with Crippen molar-refractivity contribution in [1.82, 2.24) is 10.6 Å². The van der Waals surface area contributed by atoms with Crippen molar-refractivity contribution in [1.29, 1.82) is 0 Å². The molecule has 3 N–H and O–H groups in total. The van der Waals surface area contributed by atoms with E-state index in [0.29, 0.717) is 48.7 Å². The van der Waals surface area contributed by atoms with Gasteiger partial charge in [-0.3, -0.25) is 9.59 Å². The quantitative estimate of drug-likeness (QED) is 0.0349. The summed E-state index contributed by atoms with van der Waals surface area (Å²) in [5, 5.41) is 16.5. The Bertz CT molecular complexity index is 2040. The van der Waals surface area contributed by atoms with Gasteiger partial charge in [0, 0.05) is 24.3 Å². The van der Waals surface area contributed by atoms with Gasteiger partial charge < -0.3 is 25.2 Å². The van der Waals surface area contributed by atoms with Crippen LogP contribution in [0, 0.1) is 0 Å². The minimum absolute atomic E-state index is 0.137. The minimum Gasteiger partial charge on any atom is -0.478 e. The third-order valence-electron chi connectivity index (χ3n) is 13.0. The number of carbonyl (C=O) groups excluding carboxylic acids is 2. The fourth-order valence-electron chi connectivity index (χ4n) is 8.79. The molecule has 2 amide bonds. The smallest absolute Gasteiger partial charge is 0.335 e. The van der Waals surface area contributed by atoms with Crippen LogP contribution >= 0.6 is 0 Å². The molecule has 5 aromatic carbocycles. The summed E-state index contributed by atoms with van der Waals surface area (Å²) < 4.78 is 12.2. The number of aromatic carboxylic acids is 1. The molecule has 0 aliphatic heterocycles. The van der Waals surface area contributed by atoms with E-state index in [0.717, 1.165) is 47.9 Å². The SMILES string of the molecule is CCCCCCCCCCCCOCC(NC(=O)c1ccc(-c2cc(C(=O)O)cc(-c3ccc(C(=O)NC(COCCCCCCCCCCCC)c4ccccc4)cc3)c2)cc1)c1ccccc1. The molecule has 0 saturated heterocycles. The lowest BCUT2D eigenvalue weighted by atomic mass is 9.95. The second kappa shape index (κ2) is 32.3. The Kier molecular flexibility index (Phi) is 25.4. The first-order valence-electron chi connectivity index (χ1n) is 26.3. The average molecular weight is 937 g/mol. The number of hydrogen-bond donors (Lipinski definition) is 3. The number of nitrogens with one attached hydrogen (secondary N) is 2. The van der Waals surface area contributed by atoms with Crippen LogP contribution in [0.4, 0.5) is 0 Å². The van der Waals surface area contributed by atoms with Crippen LogP contribution in [0.5, 0.6) is 0 Å². The van der Waals surface area contributed by atoms with Crippen LogP contribution in [0.3, 0.4) is 0 Å². The van der Waals surface area contributed by atoms with Crippen molar-refractivity contribution in [2.45, 2.75) is 154 Å². The first-order chi connectivity index (χ1) is 33.9. The molecule has 0 fully saturated rings. The molecular weight excluding hydrogens is 857 g/mol. The maximum Gasteiger partial charge on any atom is 0.335 e. The maximum absolute atomic E-state index is 13.6. The van der Waals surface area contributed by atoms with E-state index in [4.69, 9.17) is 9.47 Å². The molecule has 0 aromatic heterocycles. The van der Waals surface area contributed by atoms with Gasteiger partial charge in [0.15, 0.2) is 0 Å². The van der Waals surface area contributed by atoms with Gasteiger partial charge in [0.25, 0.3) is 11.8 Å². The summed E-state index contributed by atoms with van der Waals surface area (Å²) in [6.45, 7) is 6.58. The summed E-state index contributed by atoms with van der Waals surface area (Å²) in [5.41, 5.74) is 6.03. The summed E-state index contributed by atoms with van der Waals surface area (Å²) in [4.78, 5) is 39.7. The Hall–Kier alpha value is -5.57. The fraction of sp³-hybridized carbons (Fsp3) is 0.459. The van der Waals surface area contributed by atoms with Crippen molar-refractivity contribution in [2.24, 2.45) is 0 Å². The van der Waals surface area contributed by atoms with E-state index >= 15 is 0 Å².